The molecule has 1 aromatic heterocycles. The number of ether oxygens (including phenoxy) is 2. The van der Waals surface area contributed by atoms with Crippen molar-refractivity contribution in [3.05, 3.63) is 111 Å². The molecule has 1 aliphatic rings. The van der Waals surface area contributed by atoms with Crippen molar-refractivity contribution in [1.82, 2.24) is 14.6 Å². The number of nitrogens with one attached hydrogen (secondary N) is 2. The smallest absolute Gasteiger partial charge is 0.459 e. The molecule has 4 rings (SSSR count). The lowest BCUT2D eigenvalue weighted by atomic mass is 10.2. The van der Waals surface area contributed by atoms with Crippen LogP contribution in [0.25, 0.3) is 0 Å². The lowest BCUT2D eigenvalue weighted by Gasteiger charge is -2.24. The summed E-state index contributed by atoms with van der Waals surface area (Å²) in [7, 11) is -4.10. The van der Waals surface area contributed by atoms with Crippen molar-refractivity contribution in [1.29, 1.82) is 0 Å². The number of H-pyrrole nitrogens is 1. The minimum absolute atomic E-state index is 0.0576. The summed E-state index contributed by atoms with van der Waals surface area (Å²) in [6.07, 6.45) is 3.18. The fraction of sp³-hybridized carbons (Fsp3) is 0.269. The lowest BCUT2D eigenvalue weighted by Crippen LogP contribution is -2.36. The van der Waals surface area contributed by atoms with Crippen molar-refractivity contribution in [3.63, 3.8) is 0 Å². The zero-order valence-electron chi connectivity index (χ0n) is 20.8. The summed E-state index contributed by atoms with van der Waals surface area (Å²) in [6.45, 7) is 2.91. The molecule has 2 unspecified atom stereocenters. The van der Waals surface area contributed by atoms with E-state index in [0.29, 0.717) is 5.56 Å². The van der Waals surface area contributed by atoms with Crippen LogP contribution in [0, 0.1) is 6.92 Å². The zero-order chi connectivity index (χ0) is 27.1. The number of carbonyl (C=O) groups excluding carboxylic acids is 1. The van der Waals surface area contributed by atoms with Gasteiger partial charge in [0.15, 0.2) is 6.23 Å². The Morgan fingerprint density at radius 1 is 1.11 bits per heavy atom. The third kappa shape index (κ3) is 7.17. The fourth-order valence-corrected chi connectivity index (χ4v) is 5.04. The van der Waals surface area contributed by atoms with Crippen LogP contribution in [0.4, 0.5) is 0 Å². The molecule has 0 bridgehead atoms. The highest BCUT2D eigenvalue weighted by atomic mass is 31.2. The Balaban J connectivity index is 1.40. The molecule has 0 saturated carbocycles. The van der Waals surface area contributed by atoms with Gasteiger partial charge >= 0.3 is 19.4 Å². The number of hydrogen-bond acceptors (Lipinski definition) is 8. The fourth-order valence-electron chi connectivity index (χ4n) is 3.54. The van der Waals surface area contributed by atoms with Crippen molar-refractivity contribution in [2.45, 2.75) is 38.8 Å². The lowest BCUT2D eigenvalue weighted by molar-refractivity contribution is -0.146. The second-order valence-corrected chi connectivity index (χ2v) is 10.3. The van der Waals surface area contributed by atoms with Crippen LogP contribution < -0.4 is 20.9 Å². The molecular weight excluding hydrogens is 513 g/mol. The van der Waals surface area contributed by atoms with Gasteiger partial charge in [0.05, 0.1) is 6.61 Å². The largest absolute Gasteiger partial charge is 0.460 e. The topological polar surface area (TPSA) is 138 Å². The van der Waals surface area contributed by atoms with Gasteiger partial charge in [0.2, 0.25) is 0 Å². The predicted octanol–water partition coefficient (Wildman–Crippen LogP) is 3.22. The Bertz CT molecular complexity index is 1440. The van der Waals surface area contributed by atoms with Gasteiger partial charge in [-0.05, 0) is 37.6 Å². The van der Waals surface area contributed by atoms with Gasteiger partial charge in [-0.25, -0.2) is 9.36 Å². The molecule has 0 fully saturated rings. The Hall–Kier alpha value is -3.76. The molecule has 0 saturated heterocycles. The van der Waals surface area contributed by atoms with Gasteiger partial charge in [0.1, 0.15) is 24.5 Å². The monoisotopic (exact) mass is 541 g/mol. The van der Waals surface area contributed by atoms with Gasteiger partial charge in [0, 0.05) is 11.8 Å². The molecule has 0 spiro atoms. The number of carbonyl (C=O) groups is 1. The van der Waals surface area contributed by atoms with Crippen LogP contribution in [0.5, 0.6) is 5.75 Å². The SMILES string of the molecule is Cc1cn([C@H]2C=C[C@@H](COP(=O)(NC(C)C(=O)OCc3ccccc3)Oc3ccccc3)O2)c(=O)[nH]c1=O. The molecule has 4 atom stereocenters. The molecule has 2 N–H and O–H groups in total. The Morgan fingerprint density at radius 3 is 2.50 bits per heavy atom. The standard InChI is InChI=1S/C26H28N3O8P/c1-18-15-29(26(32)27-24(18)30)23-14-13-22(36-23)17-35-38(33,37-21-11-7-4-8-12-21)28-19(2)25(31)34-16-20-9-5-3-6-10-20/h3-15,19,22-23H,16-17H2,1-2H3,(H,28,33)(H,27,30,32)/t19?,22-,23+,38?/m0/s1. The maximum absolute atomic E-state index is 13.7. The van der Waals surface area contributed by atoms with Crippen LogP contribution in [-0.4, -0.2) is 34.3 Å². The summed E-state index contributed by atoms with van der Waals surface area (Å²) in [4.78, 5) is 38.6. The third-order valence-electron chi connectivity index (χ3n) is 5.53. The number of para-hydroxylation sites is 1. The molecule has 2 aromatic carbocycles. The van der Waals surface area contributed by atoms with E-state index in [4.69, 9.17) is 18.5 Å². The van der Waals surface area contributed by atoms with Crippen LogP contribution in [0.2, 0.25) is 0 Å². The Morgan fingerprint density at radius 2 is 1.79 bits per heavy atom. The molecule has 0 amide bonds. The molecule has 11 nitrogen and oxygen atoms in total. The van der Waals surface area contributed by atoms with Crippen LogP contribution >= 0.6 is 7.75 Å². The van der Waals surface area contributed by atoms with Crippen LogP contribution in [-0.2, 0) is 30.0 Å². The van der Waals surface area contributed by atoms with Gasteiger partial charge in [-0.15, -0.1) is 0 Å². The van der Waals surface area contributed by atoms with E-state index in [-0.39, 0.29) is 19.0 Å². The number of esters is 1. The van der Waals surface area contributed by atoms with E-state index in [1.165, 1.54) is 17.7 Å². The molecule has 200 valence electrons. The normalized spacial score (nSPS) is 19.0. The van der Waals surface area contributed by atoms with E-state index in [1.807, 2.05) is 30.3 Å². The molecule has 12 heteroatoms. The zero-order valence-corrected chi connectivity index (χ0v) is 21.7. The van der Waals surface area contributed by atoms with Gasteiger partial charge < -0.3 is 14.0 Å². The van der Waals surface area contributed by atoms with E-state index in [9.17, 15) is 18.9 Å². The maximum Gasteiger partial charge on any atom is 0.459 e. The van der Waals surface area contributed by atoms with Crippen molar-refractivity contribution in [2.75, 3.05) is 6.61 Å². The highest BCUT2D eigenvalue weighted by Crippen LogP contribution is 2.45. The quantitative estimate of drug-likeness (QED) is 0.213. The maximum atomic E-state index is 13.7. The van der Waals surface area contributed by atoms with Crippen LogP contribution in [0.3, 0.4) is 0 Å². The molecule has 3 aromatic rings. The van der Waals surface area contributed by atoms with Crippen molar-refractivity contribution >= 4 is 13.7 Å². The average molecular weight is 541 g/mol. The highest BCUT2D eigenvalue weighted by molar-refractivity contribution is 7.52. The number of aromatic amines is 1. The van der Waals surface area contributed by atoms with Gasteiger partial charge in [-0.3, -0.25) is 23.7 Å². The van der Waals surface area contributed by atoms with E-state index < -0.39 is 43.3 Å². The molecule has 38 heavy (non-hydrogen) atoms. The summed E-state index contributed by atoms with van der Waals surface area (Å²) >= 11 is 0. The highest BCUT2D eigenvalue weighted by Gasteiger charge is 2.34. The van der Waals surface area contributed by atoms with Crippen molar-refractivity contribution in [2.24, 2.45) is 0 Å². The molecule has 2 heterocycles. The van der Waals surface area contributed by atoms with E-state index >= 15 is 0 Å². The van der Waals surface area contributed by atoms with Gasteiger partial charge in [0.25, 0.3) is 5.56 Å². The Labute approximate surface area is 218 Å². The van der Waals surface area contributed by atoms with Gasteiger partial charge in [-0.2, -0.15) is 5.09 Å². The number of nitrogens with zero attached hydrogens (tertiary/aromatic N) is 1. The molecule has 1 aliphatic heterocycles. The number of benzene rings is 2. The van der Waals surface area contributed by atoms with Crippen LogP contribution in [0.15, 0.2) is 88.6 Å². The average Bonchev–Trinajstić information content (AvgIpc) is 3.38. The minimum atomic E-state index is -4.10. The molecule has 0 radical (unpaired) electrons. The second-order valence-electron chi connectivity index (χ2n) is 8.57. The van der Waals surface area contributed by atoms with E-state index in [1.54, 1.807) is 49.4 Å². The third-order valence-corrected chi connectivity index (χ3v) is 7.18. The minimum Gasteiger partial charge on any atom is -0.460 e. The summed E-state index contributed by atoms with van der Waals surface area (Å²) in [5, 5.41) is 2.63. The van der Waals surface area contributed by atoms with Crippen LogP contribution in [0.1, 0.15) is 24.3 Å². The van der Waals surface area contributed by atoms with E-state index in [0.717, 1.165) is 5.56 Å². The summed E-state index contributed by atoms with van der Waals surface area (Å²) in [5.41, 5.74) is 0.0536. The predicted molar refractivity (Wildman–Crippen MR) is 139 cm³/mol. The summed E-state index contributed by atoms with van der Waals surface area (Å²) in [5.74, 6) is -0.372. The van der Waals surface area contributed by atoms with Crippen molar-refractivity contribution in [3.8, 4) is 5.75 Å². The molecule has 0 aliphatic carbocycles. The first-order valence-corrected chi connectivity index (χ1v) is 13.4. The second kappa shape index (κ2) is 12.2. The number of hydrogen-bond donors (Lipinski definition) is 2. The summed E-state index contributed by atoms with van der Waals surface area (Å²) < 4.78 is 37.4. The number of rotatable bonds is 11. The number of aromatic nitrogens is 2. The first-order chi connectivity index (χ1) is 18.2. The first kappa shape index (κ1) is 27.3. The Kier molecular flexibility index (Phi) is 8.75. The molecular formula is C26H28N3O8P. The van der Waals surface area contributed by atoms with Gasteiger partial charge in [-0.1, -0.05) is 54.6 Å². The number of aryl methyl sites for hydroxylation is 1. The van der Waals surface area contributed by atoms with E-state index in [2.05, 4.69) is 10.1 Å². The first-order valence-electron chi connectivity index (χ1n) is 11.9. The summed E-state index contributed by atoms with van der Waals surface area (Å²) in [6, 6.07) is 16.5. The van der Waals surface area contributed by atoms with Crippen molar-refractivity contribution < 1.29 is 27.9 Å².